The van der Waals surface area contributed by atoms with E-state index in [-0.39, 0.29) is 5.91 Å². The lowest BCUT2D eigenvalue weighted by molar-refractivity contribution is 0.0698. The molecule has 2 aliphatic rings. The molecule has 6 heteroatoms. The van der Waals surface area contributed by atoms with Crippen LogP contribution in [0.4, 0.5) is 5.82 Å². The first kappa shape index (κ1) is 13.8. The van der Waals surface area contributed by atoms with Crippen LogP contribution in [0, 0.1) is 0 Å². The minimum atomic E-state index is 0.00498. The number of amides is 1. The number of pyridine rings is 1. The number of fused-ring (bicyclic) bond motifs is 2. The van der Waals surface area contributed by atoms with Crippen molar-refractivity contribution in [3.63, 3.8) is 0 Å². The molecule has 2 unspecified atom stereocenters. The van der Waals surface area contributed by atoms with Crippen molar-refractivity contribution in [3.05, 3.63) is 36.2 Å². The molecule has 1 amide bonds. The fourth-order valence-electron chi connectivity index (χ4n) is 2.96. The van der Waals surface area contributed by atoms with Crippen LogP contribution in [-0.2, 0) is 0 Å². The Balaban J connectivity index is 1.81. The van der Waals surface area contributed by atoms with Crippen LogP contribution in [0.5, 0.6) is 0 Å². The Morgan fingerprint density at radius 3 is 2.90 bits per heavy atom. The molecule has 2 bridgehead atoms. The zero-order valence-electron chi connectivity index (χ0n) is 11.8. The molecule has 1 aromatic rings. The molecular formula is C15H19N5O. The standard InChI is InChI=1S/C15H19N5O/c16-6-2-8-18-14-13(3-1-7-17-14)15(21)20-9-11-4-5-12(10-20)19-11/h1-3,6-8,11-12,19H,4-5,9-10,16H2. The zero-order valence-corrected chi connectivity index (χ0v) is 11.8. The normalized spacial score (nSPS) is 25.0. The molecule has 0 aromatic carbocycles. The first-order chi connectivity index (χ1) is 10.3. The molecule has 0 saturated carbocycles. The van der Waals surface area contributed by atoms with Crippen molar-refractivity contribution < 1.29 is 4.79 Å². The third-order valence-electron chi connectivity index (χ3n) is 3.91. The summed E-state index contributed by atoms with van der Waals surface area (Å²) in [6, 6.07) is 4.40. The predicted octanol–water partition coefficient (Wildman–Crippen LogP) is 0.833. The van der Waals surface area contributed by atoms with Gasteiger partial charge in [0.1, 0.15) is 0 Å². The number of carbonyl (C=O) groups is 1. The van der Waals surface area contributed by atoms with E-state index in [1.165, 1.54) is 6.20 Å². The average molecular weight is 285 g/mol. The highest BCUT2D eigenvalue weighted by atomic mass is 16.2. The molecule has 1 aromatic heterocycles. The van der Waals surface area contributed by atoms with Crippen molar-refractivity contribution in [1.29, 1.82) is 0 Å². The molecule has 3 heterocycles. The summed E-state index contributed by atoms with van der Waals surface area (Å²) in [5.41, 5.74) is 5.81. The van der Waals surface area contributed by atoms with E-state index in [4.69, 9.17) is 5.73 Å². The van der Waals surface area contributed by atoms with Crippen LogP contribution in [0.15, 0.2) is 35.6 Å². The number of nitrogens with two attached hydrogens (primary N) is 1. The number of likely N-dealkylation sites (tertiary alicyclic amines) is 1. The van der Waals surface area contributed by atoms with Gasteiger partial charge in [0.05, 0.1) is 5.56 Å². The van der Waals surface area contributed by atoms with E-state index >= 15 is 0 Å². The van der Waals surface area contributed by atoms with E-state index in [2.05, 4.69) is 15.3 Å². The van der Waals surface area contributed by atoms with E-state index in [0.717, 1.165) is 25.9 Å². The fraction of sp³-hybridized carbons (Fsp3) is 0.400. The predicted molar refractivity (Wildman–Crippen MR) is 81.6 cm³/mol. The van der Waals surface area contributed by atoms with Crippen LogP contribution in [0.25, 0.3) is 0 Å². The Bertz CT molecular complexity index is 571. The number of hydrogen-bond acceptors (Lipinski definition) is 5. The molecule has 110 valence electrons. The smallest absolute Gasteiger partial charge is 0.257 e. The molecule has 0 aliphatic carbocycles. The first-order valence-corrected chi connectivity index (χ1v) is 7.19. The maximum Gasteiger partial charge on any atom is 0.257 e. The highest BCUT2D eigenvalue weighted by molar-refractivity contribution is 5.99. The van der Waals surface area contributed by atoms with Gasteiger partial charge in [-0.1, -0.05) is 0 Å². The number of aliphatic imine (C=N–C) groups is 1. The van der Waals surface area contributed by atoms with Crippen molar-refractivity contribution in [2.24, 2.45) is 10.7 Å². The number of allylic oxidation sites excluding steroid dienone is 1. The topological polar surface area (TPSA) is 83.6 Å². The van der Waals surface area contributed by atoms with Crippen LogP contribution >= 0.6 is 0 Å². The summed E-state index contributed by atoms with van der Waals surface area (Å²) < 4.78 is 0. The van der Waals surface area contributed by atoms with E-state index in [9.17, 15) is 4.79 Å². The highest BCUT2D eigenvalue weighted by Gasteiger charge is 2.35. The second-order valence-electron chi connectivity index (χ2n) is 5.39. The molecular weight excluding hydrogens is 266 g/mol. The fourth-order valence-corrected chi connectivity index (χ4v) is 2.96. The lowest BCUT2D eigenvalue weighted by Crippen LogP contribution is -2.53. The Morgan fingerprint density at radius 2 is 2.19 bits per heavy atom. The van der Waals surface area contributed by atoms with Crippen molar-refractivity contribution in [1.82, 2.24) is 15.2 Å². The summed E-state index contributed by atoms with van der Waals surface area (Å²) in [7, 11) is 0. The van der Waals surface area contributed by atoms with Gasteiger partial charge in [0, 0.05) is 37.6 Å². The summed E-state index contributed by atoms with van der Waals surface area (Å²) in [6.07, 6.45) is 8.47. The lowest BCUT2D eigenvalue weighted by atomic mass is 10.1. The first-order valence-electron chi connectivity index (χ1n) is 7.19. The number of piperazine rings is 1. The molecule has 21 heavy (non-hydrogen) atoms. The Hall–Kier alpha value is -2.21. The summed E-state index contributed by atoms with van der Waals surface area (Å²) in [6.45, 7) is 1.52. The quantitative estimate of drug-likeness (QED) is 0.806. The second kappa shape index (κ2) is 6.05. The number of hydrogen-bond donors (Lipinski definition) is 2. The molecule has 2 atom stereocenters. The Kier molecular flexibility index (Phi) is 3.96. The van der Waals surface area contributed by atoms with Gasteiger partial charge in [-0.15, -0.1) is 0 Å². The number of aromatic nitrogens is 1. The van der Waals surface area contributed by atoms with Gasteiger partial charge in [0.15, 0.2) is 5.82 Å². The highest BCUT2D eigenvalue weighted by Crippen LogP contribution is 2.24. The van der Waals surface area contributed by atoms with E-state index in [0.29, 0.717) is 23.5 Å². The van der Waals surface area contributed by atoms with Crippen molar-refractivity contribution >= 4 is 17.9 Å². The largest absolute Gasteiger partial charge is 0.405 e. The SMILES string of the molecule is NC=CC=Nc1ncccc1C(=O)N1CC2CCC(C1)N2. The van der Waals surface area contributed by atoms with Gasteiger partial charge in [0.2, 0.25) is 0 Å². The average Bonchev–Trinajstić information content (AvgIpc) is 2.85. The molecule has 3 N–H and O–H groups in total. The van der Waals surface area contributed by atoms with Crippen LogP contribution in [-0.4, -0.2) is 47.2 Å². The van der Waals surface area contributed by atoms with Gasteiger partial charge >= 0.3 is 0 Å². The van der Waals surface area contributed by atoms with E-state index in [1.54, 1.807) is 30.6 Å². The Labute approximate surface area is 123 Å². The van der Waals surface area contributed by atoms with Gasteiger partial charge in [0.25, 0.3) is 5.91 Å². The molecule has 0 radical (unpaired) electrons. The van der Waals surface area contributed by atoms with Gasteiger partial charge < -0.3 is 16.0 Å². The molecule has 0 spiro atoms. The monoisotopic (exact) mass is 285 g/mol. The van der Waals surface area contributed by atoms with Crippen LogP contribution in [0.1, 0.15) is 23.2 Å². The molecule has 3 rings (SSSR count). The number of nitrogens with one attached hydrogen (secondary N) is 1. The number of carbonyl (C=O) groups excluding carboxylic acids is 1. The molecule has 2 fully saturated rings. The minimum absolute atomic E-state index is 0.00498. The summed E-state index contributed by atoms with van der Waals surface area (Å²) in [5, 5.41) is 3.52. The van der Waals surface area contributed by atoms with Gasteiger partial charge in [-0.3, -0.25) is 4.79 Å². The minimum Gasteiger partial charge on any atom is -0.405 e. The Morgan fingerprint density at radius 1 is 1.43 bits per heavy atom. The third kappa shape index (κ3) is 2.95. The number of nitrogens with zero attached hydrogens (tertiary/aromatic N) is 3. The van der Waals surface area contributed by atoms with Crippen LogP contribution < -0.4 is 11.1 Å². The summed E-state index contributed by atoms with van der Waals surface area (Å²) in [4.78, 5) is 23.0. The molecule has 2 saturated heterocycles. The lowest BCUT2D eigenvalue weighted by Gasteiger charge is -2.33. The van der Waals surface area contributed by atoms with Crippen molar-refractivity contribution in [2.75, 3.05) is 13.1 Å². The molecule has 2 aliphatic heterocycles. The maximum absolute atomic E-state index is 12.7. The van der Waals surface area contributed by atoms with Crippen molar-refractivity contribution in [3.8, 4) is 0 Å². The van der Waals surface area contributed by atoms with Gasteiger partial charge in [-0.05, 0) is 37.3 Å². The summed E-state index contributed by atoms with van der Waals surface area (Å²) >= 11 is 0. The van der Waals surface area contributed by atoms with Gasteiger partial charge in [-0.2, -0.15) is 0 Å². The van der Waals surface area contributed by atoms with E-state index in [1.807, 2.05) is 4.90 Å². The van der Waals surface area contributed by atoms with Crippen LogP contribution in [0.3, 0.4) is 0 Å². The summed E-state index contributed by atoms with van der Waals surface area (Å²) in [5.74, 6) is 0.442. The number of rotatable bonds is 3. The maximum atomic E-state index is 12.7. The van der Waals surface area contributed by atoms with E-state index < -0.39 is 0 Å². The zero-order chi connectivity index (χ0) is 14.7. The van der Waals surface area contributed by atoms with Crippen molar-refractivity contribution in [2.45, 2.75) is 24.9 Å². The third-order valence-corrected chi connectivity index (χ3v) is 3.91. The van der Waals surface area contributed by atoms with Gasteiger partial charge in [-0.25, -0.2) is 9.98 Å². The molecule has 6 nitrogen and oxygen atoms in total. The second-order valence-corrected chi connectivity index (χ2v) is 5.39. The van der Waals surface area contributed by atoms with Crippen LogP contribution in [0.2, 0.25) is 0 Å².